The summed E-state index contributed by atoms with van der Waals surface area (Å²) in [7, 11) is 0. The van der Waals surface area contributed by atoms with E-state index in [2.05, 4.69) is 11.4 Å². The molecule has 0 heterocycles. The van der Waals surface area contributed by atoms with E-state index in [1.807, 2.05) is 20.8 Å². The zero-order valence-electron chi connectivity index (χ0n) is 7.22. The van der Waals surface area contributed by atoms with Gasteiger partial charge >= 0.3 is 0 Å². The Kier molecular flexibility index (Phi) is 3.59. The van der Waals surface area contributed by atoms with Gasteiger partial charge < -0.3 is 5.32 Å². The van der Waals surface area contributed by atoms with Gasteiger partial charge in [0, 0.05) is 12.5 Å². The van der Waals surface area contributed by atoms with Crippen LogP contribution in [0.25, 0.3) is 0 Å². The van der Waals surface area contributed by atoms with Crippen LogP contribution in [0.15, 0.2) is 0 Å². The first-order valence-corrected chi connectivity index (χ1v) is 3.61. The Morgan fingerprint density at radius 1 is 1.73 bits per heavy atom. The fourth-order valence-corrected chi connectivity index (χ4v) is 0.685. The van der Waals surface area contributed by atoms with E-state index >= 15 is 0 Å². The number of rotatable bonds is 4. The highest BCUT2D eigenvalue weighted by Gasteiger charge is 2.24. The summed E-state index contributed by atoms with van der Waals surface area (Å²) in [5, 5.41) is 11.1. The van der Waals surface area contributed by atoms with Crippen LogP contribution in [0.3, 0.4) is 0 Å². The molecule has 1 amide bonds. The van der Waals surface area contributed by atoms with Gasteiger partial charge in [-0.3, -0.25) is 4.79 Å². The Hall–Kier alpha value is -1.04. The molecule has 3 heteroatoms. The fraction of sp³-hybridized carbons (Fsp3) is 0.750. The summed E-state index contributed by atoms with van der Waals surface area (Å²) < 4.78 is 0. The zero-order valence-corrected chi connectivity index (χ0v) is 7.22. The Labute approximate surface area is 67.4 Å². The third kappa shape index (κ3) is 3.03. The quantitative estimate of drug-likeness (QED) is 0.615. The first-order chi connectivity index (χ1) is 5.04. The third-order valence-corrected chi connectivity index (χ3v) is 2.02. The van der Waals surface area contributed by atoms with Gasteiger partial charge in [-0.05, 0) is 12.3 Å². The molecule has 0 bridgehead atoms. The van der Waals surface area contributed by atoms with Crippen molar-refractivity contribution in [3.63, 3.8) is 0 Å². The number of hydrogen-bond donors (Lipinski definition) is 1. The number of carbonyl (C=O) groups excluding carboxylic acids is 1. The first kappa shape index (κ1) is 9.96. The molecule has 0 rings (SSSR count). The Morgan fingerprint density at radius 3 is 2.64 bits per heavy atom. The van der Waals surface area contributed by atoms with Gasteiger partial charge in [-0.25, -0.2) is 0 Å². The second-order valence-electron chi connectivity index (χ2n) is 3.33. The number of hydrogen-bond acceptors (Lipinski definition) is 2. The van der Waals surface area contributed by atoms with Crippen molar-refractivity contribution in [2.45, 2.75) is 33.2 Å². The summed E-state index contributed by atoms with van der Waals surface area (Å²) in [5.41, 5.74) is -0.143. The predicted molar refractivity (Wildman–Crippen MR) is 42.7 cm³/mol. The van der Waals surface area contributed by atoms with Crippen molar-refractivity contribution in [3.05, 3.63) is 0 Å². The molecule has 0 aliphatic carbocycles. The highest BCUT2D eigenvalue weighted by Crippen LogP contribution is 2.23. The molecule has 0 aliphatic heterocycles. The smallest absolute Gasteiger partial charge is 0.207 e. The normalized spacial score (nSPS) is 13.3. The Bertz CT molecular complexity index is 169. The third-order valence-electron chi connectivity index (χ3n) is 2.02. The van der Waals surface area contributed by atoms with Crippen LogP contribution < -0.4 is 5.32 Å². The second-order valence-corrected chi connectivity index (χ2v) is 3.33. The number of carbonyl (C=O) groups is 1. The maximum atomic E-state index is 10.1. The van der Waals surface area contributed by atoms with Crippen LogP contribution in [0.5, 0.6) is 0 Å². The molecular weight excluding hydrogens is 140 g/mol. The van der Waals surface area contributed by atoms with Crippen molar-refractivity contribution in [1.29, 1.82) is 5.26 Å². The summed E-state index contributed by atoms with van der Waals surface area (Å²) >= 11 is 0. The summed E-state index contributed by atoms with van der Waals surface area (Å²) in [6.45, 7) is 5.81. The van der Waals surface area contributed by atoms with Gasteiger partial charge in [0.1, 0.15) is 0 Å². The average molecular weight is 154 g/mol. The minimum Gasteiger partial charge on any atom is -0.356 e. The lowest BCUT2D eigenvalue weighted by Crippen LogP contribution is -2.38. The van der Waals surface area contributed by atoms with Crippen LogP contribution in [0.1, 0.15) is 27.2 Å². The molecule has 0 aliphatic rings. The van der Waals surface area contributed by atoms with Gasteiger partial charge in [-0.2, -0.15) is 5.26 Å². The molecule has 0 radical (unpaired) electrons. The Morgan fingerprint density at radius 2 is 2.27 bits per heavy atom. The molecule has 1 atom stereocenters. The summed E-state index contributed by atoms with van der Waals surface area (Å²) in [5.74, 6) is 0. The van der Waals surface area contributed by atoms with Crippen molar-refractivity contribution in [2.24, 2.45) is 5.41 Å². The Balaban J connectivity index is 4.06. The molecule has 0 aromatic rings. The van der Waals surface area contributed by atoms with E-state index in [0.717, 1.165) is 0 Å². The summed E-state index contributed by atoms with van der Waals surface area (Å²) in [6.07, 6.45) is 1.12. The van der Waals surface area contributed by atoms with Crippen molar-refractivity contribution in [1.82, 2.24) is 5.32 Å². The van der Waals surface area contributed by atoms with E-state index in [-0.39, 0.29) is 11.5 Å². The van der Waals surface area contributed by atoms with Crippen LogP contribution in [-0.2, 0) is 4.79 Å². The first-order valence-electron chi connectivity index (χ1n) is 3.61. The lowest BCUT2D eigenvalue weighted by molar-refractivity contribution is -0.110. The van der Waals surface area contributed by atoms with Crippen LogP contribution in [-0.4, -0.2) is 12.5 Å². The van der Waals surface area contributed by atoms with Gasteiger partial charge in [-0.15, -0.1) is 0 Å². The molecule has 11 heavy (non-hydrogen) atoms. The molecule has 1 N–H and O–H groups in total. The van der Waals surface area contributed by atoms with Crippen LogP contribution in [0.4, 0.5) is 0 Å². The van der Waals surface area contributed by atoms with Crippen molar-refractivity contribution in [3.8, 4) is 6.07 Å². The summed E-state index contributed by atoms with van der Waals surface area (Å²) in [4.78, 5) is 10.1. The van der Waals surface area contributed by atoms with Gasteiger partial charge in [0.05, 0.1) is 6.07 Å². The largest absolute Gasteiger partial charge is 0.356 e. The van der Waals surface area contributed by atoms with E-state index in [9.17, 15) is 4.79 Å². The van der Waals surface area contributed by atoms with E-state index in [0.29, 0.717) is 12.8 Å². The van der Waals surface area contributed by atoms with Gasteiger partial charge in [0.15, 0.2) is 0 Å². The molecule has 0 spiro atoms. The van der Waals surface area contributed by atoms with Gasteiger partial charge in [-0.1, -0.05) is 13.8 Å². The van der Waals surface area contributed by atoms with Crippen molar-refractivity contribution >= 4 is 6.41 Å². The zero-order chi connectivity index (χ0) is 8.91. The monoisotopic (exact) mass is 154 g/mol. The minimum atomic E-state index is -0.143. The summed E-state index contributed by atoms with van der Waals surface area (Å²) in [6, 6.07) is 2.13. The fourth-order valence-electron chi connectivity index (χ4n) is 0.685. The molecular formula is C8H14N2O. The number of nitrogens with one attached hydrogen (secondary N) is 1. The molecule has 62 valence electrons. The van der Waals surface area contributed by atoms with Crippen molar-refractivity contribution in [2.75, 3.05) is 0 Å². The molecule has 0 saturated heterocycles. The number of nitrogens with zero attached hydrogens (tertiary/aromatic N) is 1. The topological polar surface area (TPSA) is 52.9 Å². The minimum absolute atomic E-state index is 0.0413. The molecule has 0 aromatic heterocycles. The van der Waals surface area contributed by atoms with E-state index < -0.39 is 0 Å². The average Bonchev–Trinajstić information content (AvgIpc) is 1.88. The number of amides is 1. The molecule has 3 nitrogen and oxygen atoms in total. The predicted octanol–water partition coefficient (Wildman–Crippen LogP) is 1.06. The van der Waals surface area contributed by atoms with E-state index in [1.54, 1.807) is 0 Å². The maximum Gasteiger partial charge on any atom is 0.207 e. The van der Waals surface area contributed by atoms with Crippen LogP contribution in [0.2, 0.25) is 0 Å². The highest BCUT2D eigenvalue weighted by molar-refractivity contribution is 5.46. The lowest BCUT2D eigenvalue weighted by atomic mass is 9.83. The standard InChI is InChI=1S/C8H14N2O/c1-7(10-6-11)8(2,3)4-5-9/h6-7H,4H2,1-3H3,(H,10,11). The molecule has 0 saturated carbocycles. The second kappa shape index (κ2) is 3.97. The molecule has 1 unspecified atom stereocenters. The van der Waals surface area contributed by atoms with Crippen LogP contribution >= 0.6 is 0 Å². The molecule has 0 aromatic carbocycles. The van der Waals surface area contributed by atoms with E-state index in [4.69, 9.17) is 5.26 Å². The van der Waals surface area contributed by atoms with Crippen LogP contribution in [0, 0.1) is 16.7 Å². The van der Waals surface area contributed by atoms with Gasteiger partial charge in [0.2, 0.25) is 6.41 Å². The van der Waals surface area contributed by atoms with Gasteiger partial charge in [0.25, 0.3) is 0 Å². The SMILES string of the molecule is CC(NC=O)C(C)(C)CC#N. The highest BCUT2D eigenvalue weighted by atomic mass is 16.1. The maximum absolute atomic E-state index is 10.1. The van der Waals surface area contributed by atoms with E-state index in [1.165, 1.54) is 0 Å². The molecule has 0 fully saturated rings. The lowest BCUT2D eigenvalue weighted by Gasteiger charge is -2.28. The van der Waals surface area contributed by atoms with Crippen molar-refractivity contribution < 1.29 is 4.79 Å². The number of nitriles is 1.